The molecule has 0 amide bonds. The van der Waals surface area contributed by atoms with Crippen molar-refractivity contribution in [3.63, 3.8) is 0 Å². The second-order valence-corrected chi connectivity index (χ2v) is 5.02. The third kappa shape index (κ3) is 7.41. The number of aromatic nitrogens is 1. The second kappa shape index (κ2) is 10.0. The van der Waals surface area contributed by atoms with Gasteiger partial charge in [0.1, 0.15) is 6.20 Å². The van der Waals surface area contributed by atoms with Crippen molar-refractivity contribution in [2.75, 3.05) is 0 Å². The van der Waals surface area contributed by atoms with E-state index in [-0.39, 0.29) is 5.82 Å². The van der Waals surface area contributed by atoms with Crippen molar-refractivity contribution in [1.82, 2.24) is 4.98 Å². The number of halogens is 1. The molecule has 1 aromatic heterocycles. The topological polar surface area (TPSA) is 12.9 Å². The molecule has 0 saturated heterocycles. The minimum absolute atomic E-state index is 0.344. The van der Waals surface area contributed by atoms with E-state index in [9.17, 15) is 4.39 Å². The molecule has 0 saturated carbocycles. The molecule has 0 fully saturated rings. The van der Waals surface area contributed by atoms with E-state index in [1.54, 1.807) is 6.20 Å². The first-order valence-electron chi connectivity index (χ1n) is 7.35. The summed E-state index contributed by atoms with van der Waals surface area (Å²) in [7, 11) is 0. The molecule has 0 aromatic carbocycles. The SMILES string of the molecule is CCCCCCCCCCCc1cn[c]c(F)c1. The van der Waals surface area contributed by atoms with Crippen LogP contribution in [-0.4, -0.2) is 4.98 Å². The Balaban J connectivity index is 1.92. The zero-order valence-electron chi connectivity index (χ0n) is 11.6. The monoisotopic (exact) mass is 250 g/mol. The Morgan fingerprint density at radius 2 is 1.61 bits per heavy atom. The molecule has 1 nitrogen and oxygen atoms in total. The number of hydrogen-bond acceptors (Lipinski definition) is 1. The largest absolute Gasteiger partial charge is 0.251 e. The minimum atomic E-state index is -0.344. The Morgan fingerprint density at radius 3 is 2.22 bits per heavy atom. The highest BCUT2D eigenvalue weighted by molar-refractivity contribution is 5.09. The van der Waals surface area contributed by atoms with Gasteiger partial charge in [0.05, 0.1) is 0 Å². The fourth-order valence-electron chi connectivity index (χ4n) is 2.19. The van der Waals surface area contributed by atoms with E-state index in [0.29, 0.717) is 0 Å². The van der Waals surface area contributed by atoms with Crippen molar-refractivity contribution in [2.24, 2.45) is 0 Å². The van der Waals surface area contributed by atoms with Crippen LogP contribution in [0.25, 0.3) is 0 Å². The summed E-state index contributed by atoms with van der Waals surface area (Å²) in [6, 6.07) is 1.54. The minimum Gasteiger partial charge on any atom is -0.251 e. The zero-order valence-corrected chi connectivity index (χ0v) is 11.6. The number of pyridine rings is 1. The fraction of sp³-hybridized carbons (Fsp3) is 0.688. The van der Waals surface area contributed by atoms with Crippen LogP contribution in [0.3, 0.4) is 0 Å². The van der Waals surface area contributed by atoms with Crippen LogP contribution in [0.15, 0.2) is 12.3 Å². The Bertz CT molecular complexity index is 312. The Morgan fingerprint density at radius 1 is 1.00 bits per heavy atom. The fourth-order valence-corrected chi connectivity index (χ4v) is 2.19. The molecule has 0 atom stereocenters. The number of unbranched alkanes of at least 4 members (excludes halogenated alkanes) is 8. The summed E-state index contributed by atoms with van der Waals surface area (Å²) >= 11 is 0. The average Bonchev–Trinajstić information content (AvgIpc) is 2.37. The maximum absolute atomic E-state index is 12.8. The van der Waals surface area contributed by atoms with Gasteiger partial charge in [0.25, 0.3) is 0 Å². The first kappa shape index (κ1) is 15.1. The molecule has 18 heavy (non-hydrogen) atoms. The molecule has 0 unspecified atom stereocenters. The van der Waals surface area contributed by atoms with Gasteiger partial charge in [0, 0.05) is 6.20 Å². The molecule has 1 radical (unpaired) electrons. The Kier molecular flexibility index (Phi) is 8.45. The highest BCUT2D eigenvalue weighted by Gasteiger charge is 1.97. The predicted octanol–water partition coefficient (Wildman–Crippen LogP) is 5.09. The van der Waals surface area contributed by atoms with Crippen LogP contribution in [0.2, 0.25) is 0 Å². The second-order valence-electron chi connectivity index (χ2n) is 5.02. The van der Waals surface area contributed by atoms with E-state index in [0.717, 1.165) is 18.4 Å². The molecular formula is C16H25FN. The lowest BCUT2D eigenvalue weighted by Crippen LogP contribution is -1.89. The number of hydrogen-bond donors (Lipinski definition) is 0. The maximum Gasteiger partial charge on any atom is 0.151 e. The Labute approximate surface area is 111 Å². The van der Waals surface area contributed by atoms with E-state index in [4.69, 9.17) is 0 Å². The van der Waals surface area contributed by atoms with Gasteiger partial charge in [-0.1, -0.05) is 58.3 Å². The van der Waals surface area contributed by atoms with E-state index in [1.807, 2.05) is 0 Å². The van der Waals surface area contributed by atoms with Crippen LogP contribution < -0.4 is 0 Å². The van der Waals surface area contributed by atoms with Crippen LogP contribution in [0.5, 0.6) is 0 Å². The molecule has 1 rings (SSSR count). The molecule has 0 spiro atoms. The van der Waals surface area contributed by atoms with Crippen LogP contribution in [-0.2, 0) is 6.42 Å². The van der Waals surface area contributed by atoms with E-state index < -0.39 is 0 Å². The number of nitrogens with zero attached hydrogens (tertiary/aromatic N) is 1. The molecule has 0 aliphatic heterocycles. The van der Waals surface area contributed by atoms with Crippen LogP contribution in [0.4, 0.5) is 4.39 Å². The van der Waals surface area contributed by atoms with Gasteiger partial charge in [-0.05, 0) is 24.5 Å². The van der Waals surface area contributed by atoms with Crippen molar-refractivity contribution < 1.29 is 4.39 Å². The number of rotatable bonds is 10. The molecule has 0 aliphatic rings. The van der Waals surface area contributed by atoms with Crippen molar-refractivity contribution >= 4 is 0 Å². The molecule has 0 N–H and O–H groups in total. The highest BCUT2D eigenvalue weighted by Crippen LogP contribution is 2.11. The van der Waals surface area contributed by atoms with Crippen molar-refractivity contribution in [1.29, 1.82) is 0 Å². The van der Waals surface area contributed by atoms with Gasteiger partial charge in [0.2, 0.25) is 0 Å². The van der Waals surface area contributed by atoms with Crippen molar-refractivity contribution in [3.8, 4) is 0 Å². The summed E-state index contributed by atoms with van der Waals surface area (Å²) in [6.07, 6.45) is 16.8. The van der Waals surface area contributed by atoms with Crippen LogP contribution >= 0.6 is 0 Å². The zero-order chi connectivity index (χ0) is 13.1. The normalized spacial score (nSPS) is 10.8. The molecule has 101 valence electrons. The van der Waals surface area contributed by atoms with Gasteiger partial charge >= 0.3 is 0 Å². The quantitative estimate of drug-likeness (QED) is 0.527. The maximum atomic E-state index is 12.8. The highest BCUT2D eigenvalue weighted by atomic mass is 19.1. The lowest BCUT2D eigenvalue weighted by molar-refractivity contribution is 0.563. The van der Waals surface area contributed by atoms with E-state index >= 15 is 0 Å². The summed E-state index contributed by atoms with van der Waals surface area (Å²) in [6.45, 7) is 2.25. The van der Waals surface area contributed by atoms with Crippen molar-refractivity contribution in [3.05, 3.63) is 29.8 Å². The Hall–Kier alpha value is -0.920. The van der Waals surface area contributed by atoms with Gasteiger partial charge in [-0.15, -0.1) is 0 Å². The molecule has 0 bridgehead atoms. The lowest BCUT2D eigenvalue weighted by atomic mass is 10.0. The first-order chi connectivity index (χ1) is 8.83. The van der Waals surface area contributed by atoms with Gasteiger partial charge in [-0.25, -0.2) is 4.39 Å². The summed E-state index contributed by atoms with van der Waals surface area (Å²) in [5.41, 5.74) is 0.995. The standard InChI is InChI=1S/C16H25FN/c1-2-3-4-5-6-7-8-9-10-11-15-12-16(17)14-18-13-15/h12-13H,2-11H2,1H3. The van der Waals surface area contributed by atoms with Crippen LogP contribution in [0, 0.1) is 12.0 Å². The third-order valence-electron chi connectivity index (χ3n) is 3.28. The summed E-state index contributed by atoms with van der Waals surface area (Å²) in [4.78, 5) is 3.74. The average molecular weight is 250 g/mol. The summed E-state index contributed by atoms with van der Waals surface area (Å²) in [5.74, 6) is -0.344. The lowest BCUT2D eigenvalue weighted by Gasteiger charge is -2.02. The predicted molar refractivity (Wildman–Crippen MR) is 74.0 cm³/mol. The van der Waals surface area contributed by atoms with Gasteiger partial charge in [-0.3, -0.25) is 4.98 Å². The molecule has 1 aromatic rings. The summed E-state index contributed by atoms with van der Waals surface area (Å²) in [5, 5.41) is 0. The van der Waals surface area contributed by atoms with Crippen LogP contribution in [0.1, 0.15) is 70.3 Å². The third-order valence-corrected chi connectivity index (χ3v) is 3.28. The van der Waals surface area contributed by atoms with Gasteiger partial charge in [0.15, 0.2) is 5.82 Å². The molecule has 0 aliphatic carbocycles. The van der Waals surface area contributed by atoms with Gasteiger partial charge < -0.3 is 0 Å². The van der Waals surface area contributed by atoms with Gasteiger partial charge in [-0.2, -0.15) is 0 Å². The number of aryl methyl sites for hydroxylation is 1. The molecular weight excluding hydrogens is 225 g/mol. The molecule has 2 heteroatoms. The smallest absolute Gasteiger partial charge is 0.151 e. The molecule has 1 heterocycles. The summed E-state index contributed by atoms with van der Waals surface area (Å²) < 4.78 is 12.8. The van der Waals surface area contributed by atoms with Crippen molar-refractivity contribution in [2.45, 2.75) is 71.1 Å². The van der Waals surface area contributed by atoms with E-state index in [2.05, 4.69) is 18.1 Å². The van der Waals surface area contributed by atoms with E-state index in [1.165, 1.54) is 57.4 Å². The first-order valence-corrected chi connectivity index (χ1v) is 7.35.